The predicted molar refractivity (Wildman–Crippen MR) is 57.4 cm³/mol. The van der Waals surface area contributed by atoms with Crippen molar-refractivity contribution in [2.45, 2.75) is 0 Å². The maximum absolute atomic E-state index is 5.39. The van der Waals surface area contributed by atoms with Crippen LogP contribution in [0.5, 0.6) is 0 Å². The van der Waals surface area contributed by atoms with Crippen LogP contribution in [-0.4, -0.2) is 10.7 Å². The molecule has 1 aromatic rings. The standard InChI is InChI=1S/C10H12N4/c1-8(12)14-10(2-5-11)9-3-6-13-7-4-9/h2-7H,1,11-12H2/b5-2-,14-10+. The molecule has 0 aliphatic carbocycles. The van der Waals surface area contributed by atoms with Crippen LogP contribution in [0, 0.1) is 0 Å². The highest BCUT2D eigenvalue weighted by Crippen LogP contribution is 2.02. The fraction of sp³-hybridized carbons (Fsp3) is 0. The van der Waals surface area contributed by atoms with Gasteiger partial charge in [-0.1, -0.05) is 6.58 Å². The molecular formula is C10H12N4. The van der Waals surface area contributed by atoms with E-state index in [0.717, 1.165) is 5.56 Å². The van der Waals surface area contributed by atoms with Crippen molar-refractivity contribution in [3.05, 3.63) is 54.8 Å². The summed E-state index contributed by atoms with van der Waals surface area (Å²) in [5.74, 6) is 0.245. The van der Waals surface area contributed by atoms with Gasteiger partial charge in [-0.15, -0.1) is 0 Å². The SMILES string of the molecule is C=C(N)/N=C(\C=C/N)c1ccncc1. The fourth-order valence-electron chi connectivity index (χ4n) is 0.967. The Kier molecular flexibility index (Phi) is 3.43. The van der Waals surface area contributed by atoms with Gasteiger partial charge in [0.15, 0.2) is 0 Å². The number of nitrogens with two attached hydrogens (primary N) is 2. The van der Waals surface area contributed by atoms with Crippen LogP contribution < -0.4 is 11.5 Å². The molecule has 0 bridgehead atoms. The molecule has 72 valence electrons. The van der Waals surface area contributed by atoms with Crippen molar-refractivity contribution in [1.29, 1.82) is 0 Å². The summed E-state index contributed by atoms with van der Waals surface area (Å²) >= 11 is 0. The lowest BCUT2D eigenvalue weighted by Crippen LogP contribution is -2.02. The first-order valence-corrected chi connectivity index (χ1v) is 4.06. The molecule has 4 N–H and O–H groups in total. The highest BCUT2D eigenvalue weighted by Gasteiger charge is 1.98. The smallest absolute Gasteiger partial charge is 0.116 e. The lowest BCUT2D eigenvalue weighted by Gasteiger charge is -2.00. The summed E-state index contributed by atoms with van der Waals surface area (Å²) in [6.45, 7) is 3.50. The molecule has 4 heteroatoms. The number of hydrogen-bond donors (Lipinski definition) is 2. The van der Waals surface area contributed by atoms with Crippen LogP contribution in [0.2, 0.25) is 0 Å². The van der Waals surface area contributed by atoms with E-state index >= 15 is 0 Å². The number of allylic oxidation sites excluding steroid dienone is 1. The lowest BCUT2D eigenvalue weighted by molar-refractivity contribution is 1.25. The van der Waals surface area contributed by atoms with Gasteiger partial charge in [-0.25, -0.2) is 4.99 Å². The first-order valence-electron chi connectivity index (χ1n) is 4.06. The Balaban J connectivity index is 3.07. The van der Waals surface area contributed by atoms with Crippen molar-refractivity contribution in [3.63, 3.8) is 0 Å². The third-order valence-corrected chi connectivity index (χ3v) is 1.49. The Morgan fingerprint density at radius 2 is 2.07 bits per heavy atom. The van der Waals surface area contributed by atoms with Gasteiger partial charge in [0, 0.05) is 18.0 Å². The van der Waals surface area contributed by atoms with Crippen LogP contribution in [0.1, 0.15) is 5.56 Å². The van der Waals surface area contributed by atoms with E-state index in [1.165, 1.54) is 6.20 Å². The van der Waals surface area contributed by atoms with Gasteiger partial charge in [-0.2, -0.15) is 0 Å². The van der Waals surface area contributed by atoms with Crippen LogP contribution >= 0.6 is 0 Å². The molecule has 0 unspecified atom stereocenters. The van der Waals surface area contributed by atoms with E-state index in [4.69, 9.17) is 11.5 Å². The molecule has 0 aliphatic heterocycles. The molecule has 0 aliphatic rings. The Bertz CT molecular complexity index is 365. The highest BCUT2D eigenvalue weighted by atomic mass is 14.9. The van der Waals surface area contributed by atoms with Gasteiger partial charge < -0.3 is 11.5 Å². The number of pyridine rings is 1. The van der Waals surface area contributed by atoms with Crippen LogP contribution in [0.3, 0.4) is 0 Å². The third-order valence-electron chi connectivity index (χ3n) is 1.49. The molecule has 1 aromatic heterocycles. The molecule has 1 rings (SSSR count). The zero-order chi connectivity index (χ0) is 10.4. The topological polar surface area (TPSA) is 77.3 Å². The fourth-order valence-corrected chi connectivity index (χ4v) is 0.967. The number of aliphatic imine (C=N–C) groups is 1. The molecule has 0 atom stereocenters. The molecule has 0 fully saturated rings. The molecule has 0 amide bonds. The zero-order valence-corrected chi connectivity index (χ0v) is 7.72. The van der Waals surface area contributed by atoms with E-state index in [1.807, 2.05) is 12.1 Å². The van der Waals surface area contributed by atoms with Gasteiger partial charge in [0.25, 0.3) is 0 Å². The van der Waals surface area contributed by atoms with Crippen molar-refractivity contribution in [3.8, 4) is 0 Å². The Morgan fingerprint density at radius 1 is 1.43 bits per heavy atom. The molecule has 0 aromatic carbocycles. The van der Waals surface area contributed by atoms with Gasteiger partial charge in [0.1, 0.15) is 5.82 Å². The average molecular weight is 188 g/mol. The minimum absolute atomic E-state index is 0.245. The van der Waals surface area contributed by atoms with E-state index in [9.17, 15) is 0 Å². The molecular weight excluding hydrogens is 176 g/mol. The lowest BCUT2D eigenvalue weighted by atomic mass is 10.1. The summed E-state index contributed by atoms with van der Waals surface area (Å²) in [7, 11) is 0. The maximum atomic E-state index is 5.39. The quantitative estimate of drug-likeness (QED) is 0.688. The summed E-state index contributed by atoms with van der Waals surface area (Å²) in [6, 6.07) is 3.64. The van der Waals surface area contributed by atoms with Crippen LogP contribution in [0.4, 0.5) is 0 Å². The zero-order valence-electron chi connectivity index (χ0n) is 7.72. The van der Waals surface area contributed by atoms with Crippen LogP contribution in [0.25, 0.3) is 0 Å². The minimum atomic E-state index is 0.245. The molecule has 0 saturated heterocycles. The largest absolute Gasteiger partial charge is 0.405 e. The van der Waals surface area contributed by atoms with Crippen molar-refractivity contribution in [2.24, 2.45) is 16.5 Å². The van der Waals surface area contributed by atoms with E-state index in [0.29, 0.717) is 5.71 Å². The summed E-state index contributed by atoms with van der Waals surface area (Å²) < 4.78 is 0. The third kappa shape index (κ3) is 2.75. The van der Waals surface area contributed by atoms with E-state index in [2.05, 4.69) is 16.6 Å². The van der Waals surface area contributed by atoms with Gasteiger partial charge >= 0.3 is 0 Å². The van der Waals surface area contributed by atoms with Crippen LogP contribution in [-0.2, 0) is 0 Å². The second-order valence-corrected chi connectivity index (χ2v) is 2.58. The van der Waals surface area contributed by atoms with E-state index < -0.39 is 0 Å². The number of nitrogens with zero attached hydrogens (tertiary/aromatic N) is 2. The summed E-state index contributed by atoms with van der Waals surface area (Å²) in [5, 5.41) is 0. The average Bonchev–Trinajstić information content (AvgIpc) is 2.18. The Labute approximate surface area is 82.7 Å². The normalized spacial score (nSPS) is 11.9. The van der Waals surface area contributed by atoms with Gasteiger partial charge in [0.05, 0.1) is 5.71 Å². The first kappa shape index (κ1) is 9.98. The van der Waals surface area contributed by atoms with Crippen molar-refractivity contribution in [1.82, 2.24) is 4.98 Å². The van der Waals surface area contributed by atoms with Crippen LogP contribution in [0.15, 0.2) is 54.2 Å². The number of hydrogen-bond acceptors (Lipinski definition) is 4. The predicted octanol–water partition coefficient (Wildman–Crippen LogP) is 0.773. The van der Waals surface area contributed by atoms with Gasteiger partial charge in [0.2, 0.25) is 0 Å². The van der Waals surface area contributed by atoms with Crippen molar-refractivity contribution >= 4 is 5.71 Å². The van der Waals surface area contributed by atoms with E-state index in [-0.39, 0.29) is 5.82 Å². The minimum Gasteiger partial charge on any atom is -0.405 e. The second kappa shape index (κ2) is 4.81. The van der Waals surface area contributed by atoms with Gasteiger partial charge in [-0.05, 0) is 24.4 Å². The monoisotopic (exact) mass is 188 g/mol. The summed E-state index contributed by atoms with van der Waals surface area (Å²) in [4.78, 5) is 7.95. The summed E-state index contributed by atoms with van der Waals surface area (Å²) in [5.41, 5.74) is 12.2. The molecule has 0 radical (unpaired) electrons. The molecule has 4 nitrogen and oxygen atoms in total. The Morgan fingerprint density at radius 3 is 2.57 bits per heavy atom. The molecule has 0 spiro atoms. The van der Waals surface area contributed by atoms with E-state index in [1.54, 1.807) is 18.5 Å². The number of rotatable bonds is 3. The number of aromatic nitrogens is 1. The molecule has 1 heterocycles. The van der Waals surface area contributed by atoms with Crippen molar-refractivity contribution < 1.29 is 0 Å². The highest BCUT2D eigenvalue weighted by molar-refractivity contribution is 6.08. The Hall–Kier alpha value is -2.10. The maximum Gasteiger partial charge on any atom is 0.116 e. The molecule has 14 heavy (non-hydrogen) atoms. The summed E-state index contributed by atoms with van der Waals surface area (Å²) in [6.07, 6.45) is 6.42. The van der Waals surface area contributed by atoms with Gasteiger partial charge in [-0.3, -0.25) is 4.98 Å². The van der Waals surface area contributed by atoms with Crippen molar-refractivity contribution in [2.75, 3.05) is 0 Å². The first-order chi connectivity index (χ1) is 6.74. The second-order valence-electron chi connectivity index (χ2n) is 2.58. The molecule has 0 saturated carbocycles.